The van der Waals surface area contributed by atoms with Gasteiger partial charge in [0.2, 0.25) is 5.43 Å². The number of rotatable bonds is 1. The molecule has 0 fully saturated rings. The number of fused-ring (bicyclic) bond motifs is 4. The minimum Gasteiger partial charge on any atom is -0.507 e. The first kappa shape index (κ1) is 15.2. The van der Waals surface area contributed by atoms with Crippen LogP contribution in [0.4, 0.5) is 0 Å². The van der Waals surface area contributed by atoms with Crippen molar-refractivity contribution in [1.29, 1.82) is 0 Å². The summed E-state index contributed by atoms with van der Waals surface area (Å²) in [5, 5.41) is 22.0. The van der Waals surface area contributed by atoms with Gasteiger partial charge in [-0.05, 0) is 26.0 Å². The van der Waals surface area contributed by atoms with E-state index < -0.39 is 16.0 Å². The van der Waals surface area contributed by atoms with Gasteiger partial charge < -0.3 is 14.3 Å². The molecule has 1 aliphatic rings. The number of hydrogen-bond donors (Lipinski definition) is 1. The Balaban J connectivity index is 2.19. The molecular weight excluding hydrogens is 326 g/mol. The van der Waals surface area contributed by atoms with E-state index in [9.17, 15) is 20.0 Å². The Labute approximate surface area is 140 Å². The normalized spacial score (nSPS) is 15.5. The molecule has 0 saturated heterocycles. The predicted octanol–water partition coefficient (Wildman–Crippen LogP) is 3.44. The number of phenols is 1. The smallest absolute Gasteiger partial charge is 0.289 e. The Morgan fingerprint density at radius 2 is 1.96 bits per heavy atom. The second-order valence-corrected chi connectivity index (χ2v) is 6.34. The van der Waals surface area contributed by atoms with Crippen LogP contribution in [0.5, 0.6) is 11.5 Å². The van der Waals surface area contributed by atoms with Crippen molar-refractivity contribution in [3.63, 3.8) is 0 Å². The Hall–Kier alpha value is -3.35. The van der Waals surface area contributed by atoms with Gasteiger partial charge in [0.1, 0.15) is 22.5 Å². The van der Waals surface area contributed by atoms with Crippen molar-refractivity contribution in [2.24, 2.45) is 0 Å². The van der Waals surface area contributed by atoms with Gasteiger partial charge in [-0.25, -0.2) is 0 Å². The van der Waals surface area contributed by atoms with Crippen LogP contribution in [0.1, 0.15) is 19.4 Å². The van der Waals surface area contributed by atoms with E-state index in [-0.39, 0.29) is 33.7 Å². The topological polar surface area (TPSA) is 103 Å². The molecule has 0 unspecified atom stereocenters. The zero-order valence-corrected chi connectivity index (χ0v) is 13.4. The molecule has 1 N–H and O–H groups in total. The van der Waals surface area contributed by atoms with Gasteiger partial charge in [-0.3, -0.25) is 14.9 Å². The molecule has 0 amide bonds. The van der Waals surface area contributed by atoms with Gasteiger partial charge in [0, 0.05) is 12.1 Å². The van der Waals surface area contributed by atoms with Crippen LogP contribution in [0.3, 0.4) is 0 Å². The van der Waals surface area contributed by atoms with E-state index in [0.29, 0.717) is 11.0 Å². The molecule has 126 valence electrons. The van der Waals surface area contributed by atoms with Crippen molar-refractivity contribution in [2.75, 3.05) is 0 Å². The highest BCUT2D eigenvalue weighted by molar-refractivity contribution is 5.99. The first-order chi connectivity index (χ1) is 11.8. The third-order valence-corrected chi connectivity index (χ3v) is 4.29. The Morgan fingerprint density at radius 1 is 1.24 bits per heavy atom. The minimum absolute atomic E-state index is 0.0281. The molecule has 3 aromatic rings. The van der Waals surface area contributed by atoms with E-state index in [1.807, 2.05) is 0 Å². The molecule has 0 spiro atoms. The highest BCUT2D eigenvalue weighted by Crippen LogP contribution is 2.42. The van der Waals surface area contributed by atoms with Crippen LogP contribution in [0.2, 0.25) is 0 Å². The molecule has 1 aromatic heterocycles. The number of nitro groups is 1. The molecule has 7 heteroatoms. The van der Waals surface area contributed by atoms with Crippen molar-refractivity contribution in [3.05, 3.63) is 61.9 Å². The molecule has 25 heavy (non-hydrogen) atoms. The third-order valence-electron chi connectivity index (χ3n) is 4.29. The second kappa shape index (κ2) is 4.83. The average molecular weight is 339 g/mol. The summed E-state index contributed by atoms with van der Waals surface area (Å²) in [4.78, 5) is 23.6. The van der Waals surface area contributed by atoms with Gasteiger partial charge in [-0.15, -0.1) is 0 Å². The molecule has 1 aliphatic heterocycles. The van der Waals surface area contributed by atoms with Crippen molar-refractivity contribution in [1.82, 2.24) is 0 Å². The van der Waals surface area contributed by atoms with Crippen LogP contribution < -0.4 is 10.2 Å². The average Bonchev–Trinajstić information content (AvgIpc) is 2.53. The lowest BCUT2D eigenvalue weighted by Crippen LogP contribution is -2.36. The summed E-state index contributed by atoms with van der Waals surface area (Å²) >= 11 is 0. The number of phenolic OH excluding ortho intramolecular Hbond substituents is 1. The highest BCUT2D eigenvalue weighted by atomic mass is 16.6. The number of hydrogen-bond acceptors (Lipinski definition) is 6. The van der Waals surface area contributed by atoms with E-state index in [2.05, 4.69) is 0 Å². The minimum atomic E-state index is -1.19. The van der Waals surface area contributed by atoms with Crippen LogP contribution in [0.15, 0.2) is 45.2 Å². The number of nitrogens with zero attached hydrogens (tertiary/aromatic N) is 1. The summed E-state index contributed by atoms with van der Waals surface area (Å²) in [6.45, 7) is 3.12. The Kier molecular flexibility index (Phi) is 2.93. The van der Waals surface area contributed by atoms with E-state index in [1.165, 1.54) is 12.1 Å². The van der Waals surface area contributed by atoms with Gasteiger partial charge in [-0.2, -0.15) is 0 Å². The van der Waals surface area contributed by atoms with Gasteiger partial charge in [0.05, 0.1) is 15.9 Å². The molecule has 0 bridgehead atoms. The van der Waals surface area contributed by atoms with Crippen LogP contribution in [-0.4, -0.2) is 15.6 Å². The number of ether oxygens (including phenoxy) is 1. The van der Waals surface area contributed by atoms with Crippen molar-refractivity contribution < 1.29 is 19.2 Å². The van der Waals surface area contributed by atoms with E-state index >= 15 is 0 Å². The van der Waals surface area contributed by atoms with E-state index in [0.717, 1.165) is 0 Å². The van der Waals surface area contributed by atoms with Gasteiger partial charge in [0.25, 0.3) is 5.70 Å². The van der Waals surface area contributed by atoms with Crippen molar-refractivity contribution in [3.8, 4) is 11.5 Å². The third kappa shape index (κ3) is 2.09. The fourth-order valence-corrected chi connectivity index (χ4v) is 3.08. The lowest BCUT2D eigenvalue weighted by molar-refractivity contribution is -0.439. The fourth-order valence-electron chi connectivity index (χ4n) is 3.08. The van der Waals surface area contributed by atoms with Crippen LogP contribution in [0.25, 0.3) is 28.0 Å². The van der Waals surface area contributed by atoms with Gasteiger partial charge in [-0.1, -0.05) is 12.1 Å². The Morgan fingerprint density at radius 3 is 2.68 bits per heavy atom. The summed E-state index contributed by atoms with van der Waals surface area (Å²) in [6, 6.07) is 7.91. The number of para-hydroxylation sites is 1. The summed E-state index contributed by atoms with van der Waals surface area (Å²) in [7, 11) is 0. The SMILES string of the molecule is CC1(C)Oc2cc(O)c3c(=O)c4ccccc4oc3c2C=C1[N+](=O)[O-]. The summed E-state index contributed by atoms with van der Waals surface area (Å²) < 4.78 is 11.5. The molecule has 2 aromatic carbocycles. The maximum absolute atomic E-state index is 12.7. The second-order valence-electron chi connectivity index (χ2n) is 6.34. The molecule has 0 atom stereocenters. The quantitative estimate of drug-likeness (QED) is 0.414. The highest BCUT2D eigenvalue weighted by Gasteiger charge is 2.40. The fraction of sp³-hybridized carbons (Fsp3) is 0.167. The first-order valence-electron chi connectivity index (χ1n) is 7.57. The monoisotopic (exact) mass is 339 g/mol. The maximum Gasteiger partial charge on any atom is 0.289 e. The standard InChI is InChI=1S/C18H13NO6/c1-18(2)14(19(22)23)7-10-13(25-18)8-11(20)15-16(21)9-5-3-4-6-12(9)24-17(10)15/h3-8,20H,1-2H3. The largest absolute Gasteiger partial charge is 0.507 e. The first-order valence-corrected chi connectivity index (χ1v) is 7.57. The molecular formula is C18H13NO6. The summed E-state index contributed by atoms with van der Waals surface area (Å²) in [6.07, 6.45) is 1.33. The molecule has 2 heterocycles. The molecule has 4 rings (SSSR count). The van der Waals surface area contributed by atoms with Crippen LogP contribution >= 0.6 is 0 Å². The molecule has 0 radical (unpaired) electrons. The number of benzene rings is 2. The van der Waals surface area contributed by atoms with E-state index in [1.54, 1.807) is 38.1 Å². The van der Waals surface area contributed by atoms with Gasteiger partial charge >= 0.3 is 0 Å². The Bertz CT molecular complexity index is 1160. The molecule has 7 nitrogen and oxygen atoms in total. The lowest BCUT2D eigenvalue weighted by atomic mass is 9.96. The molecule has 0 aliphatic carbocycles. The molecule has 0 saturated carbocycles. The zero-order chi connectivity index (χ0) is 17.9. The summed E-state index contributed by atoms with van der Waals surface area (Å²) in [5.74, 6) is -0.0685. The van der Waals surface area contributed by atoms with E-state index in [4.69, 9.17) is 9.15 Å². The summed E-state index contributed by atoms with van der Waals surface area (Å²) in [5.41, 5.74) is -1.10. The lowest BCUT2D eigenvalue weighted by Gasteiger charge is -2.28. The van der Waals surface area contributed by atoms with Crippen LogP contribution in [-0.2, 0) is 0 Å². The predicted molar refractivity (Wildman–Crippen MR) is 91.3 cm³/mol. The van der Waals surface area contributed by atoms with Crippen molar-refractivity contribution >= 4 is 28.0 Å². The zero-order valence-electron chi connectivity index (χ0n) is 13.4. The number of aromatic hydroxyl groups is 1. The van der Waals surface area contributed by atoms with Crippen molar-refractivity contribution in [2.45, 2.75) is 19.4 Å². The van der Waals surface area contributed by atoms with Gasteiger partial charge in [0.15, 0.2) is 11.2 Å². The maximum atomic E-state index is 12.7. The van der Waals surface area contributed by atoms with Crippen LogP contribution in [0, 0.1) is 10.1 Å².